The number of nitrogens with zero attached hydrogens (tertiary/aromatic N) is 3. The Kier molecular flexibility index (Phi) is 5.79. The van der Waals surface area contributed by atoms with Gasteiger partial charge in [0.25, 0.3) is 5.91 Å². The van der Waals surface area contributed by atoms with Crippen LogP contribution < -0.4 is 5.32 Å². The van der Waals surface area contributed by atoms with E-state index in [1.54, 1.807) is 4.90 Å². The van der Waals surface area contributed by atoms with E-state index < -0.39 is 11.3 Å². The number of thioether (sulfide) groups is 1. The van der Waals surface area contributed by atoms with Gasteiger partial charge in [-0.3, -0.25) is 9.59 Å². The van der Waals surface area contributed by atoms with Crippen LogP contribution in [0, 0.1) is 0 Å². The molecule has 33 heavy (non-hydrogen) atoms. The van der Waals surface area contributed by atoms with Gasteiger partial charge in [-0.05, 0) is 30.2 Å². The molecule has 2 aliphatic rings. The molecule has 2 atom stereocenters. The molecule has 1 N–H and O–H groups in total. The Hall–Kier alpha value is -3.71. The van der Waals surface area contributed by atoms with Crippen molar-refractivity contribution in [1.29, 1.82) is 0 Å². The number of para-hydroxylation sites is 1. The normalized spacial score (nSPS) is 17.5. The summed E-state index contributed by atoms with van der Waals surface area (Å²) in [5.74, 6) is 0.308. The Labute approximate surface area is 196 Å². The number of carbonyl (C=O) groups is 2. The molecule has 0 aliphatic carbocycles. The second-order valence-corrected chi connectivity index (χ2v) is 9.12. The minimum atomic E-state index is -0.625. The first-order chi connectivity index (χ1) is 16.1. The Morgan fingerprint density at radius 1 is 1.00 bits per heavy atom. The summed E-state index contributed by atoms with van der Waals surface area (Å²) in [4.78, 5) is 37.3. The number of amides is 2. The average molecular weight is 455 g/mol. The second kappa shape index (κ2) is 9.03. The molecule has 0 bridgehead atoms. The highest BCUT2D eigenvalue weighted by molar-refractivity contribution is 8.15. The number of aliphatic imine (C=N–C) groups is 2. The SMILES string of the molecule is C[C@H](SC1=Nc2ccccc2C2=N[C@H](c3ccccc3)C(=O)N12)C(=O)NCc1ccccc1. The van der Waals surface area contributed by atoms with Crippen molar-refractivity contribution in [2.45, 2.75) is 24.8 Å². The molecule has 0 radical (unpaired) electrons. The van der Waals surface area contributed by atoms with Gasteiger partial charge in [-0.2, -0.15) is 0 Å². The molecule has 6 nitrogen and oxygen atoms in total. The molecule has 3 aromatic carbocycles. The van der Waals surface area contributed by atoms with E-state index in [4.69, 9.17) is 9.98 Å². The lowest BCUT2D eigenvalue weighted by Gasteiger charge is -2.26. The van der Waals surface area contributed by atoms with Gasteiger partial charge in [0, 0.05) is 12.1 Å². The number of amidine groups is 2. The van der Waals surface area contributed by atoms with Gasteiger partial charge in [-0.25, -0.2) is 14.9 Å². The highest BCUT2D eigenvalue weighted by Crippen LogP contribution is 2.38. The van der Waals surface area contributed by atoms with Gasteiger partial charge in [0.15, 0.2) is 11.2 Å². The number of hydrogen-bond acceptors (Lipinski definition) is 5. The minimum absolute atomic E-state index is 0.116. The van der Waals surface area contributed by atoms with Crippen LogP contribution in [-0.2, 0) is 16.1 Å². The summed E-state index contributed by atoms with van der Waals surface area (Å²) >= 11 is 1.27. The van der Waals surface area contributed by atoms with Gasteiger partial charge >= 0.3 is 0 Å². The van der Waals surface area contributed by atoms with Crippen LogP contribution in [0.5, 0.6) is 0 Å². The predicted molar refractivity (Wildman–Crippen MR) is 131 cm³/mol. The quantitative estimate of drug-likeness (QED) is 0.619. The first-order valence-electron chi connectivity index (χ1n) is 10.7. The first-order valence-corrected chi connectivity index (χ1v) is 11.6. The van der Waals surface area contributed by atoms with Crippen molar-refractivity contribution in [3.8, 4) is 0 Å². The smallest absolute Gasteiger partial charge is 0.263 e. The molecule has 0 fully saturated rings. The number of rotatable bonds is 5. The van der Waals surface area contributed by atoms with Crippen LogP contribution in [0.1, 0.15) is 29.7 Å². The lowest BCUT2D eigenvalue weighted by atomic mass is 10.1. The van der Waals surface area contributed by atoms with Crippen molar-refractivity contribution < 1.29 is 9.59 Å². The van der Waals surface area contributed by atoms with E-state index >= 15 is 0 Å². The molecule has 0 spiro atoms. The highest BCUT2D eigenvalue weighted by atomic mass is 32.2. The van der Waals surface area contributed by atoms with Crippen molar-refractivity contribution in [2.24, 2.45) is 9.98 Å². The van der Waals surface area contributed by atoms with Crippen LogP contribution >= 0.6 is 11.8 Å². The average Bonchev–Trinajstić information content (AvgIpc) is 3.21. The number of nitrogens with one attached hydrogen (secondary N) is 1. The largest absolute Gasteiger partial charge is 0.351 e. The van der Waals surface area contributed by atoms with E-state index in [-0.39, 0.29) is 11.8 Å². The molecule has 0 saturated heterocycles. The molecule has 2 amide bonds. The number of hydrogen-bond donors (Lipinski definition) is 1. The van der Waals surface area contributed by atoms with E-state index in [0.29, 0.717) is 17.5 Å². The third kappa shape index (κ3) is 4.19. The first kappa shape index (κ1) is 21.2. The third-order valence-corrected chi connectivity index (χ3v) is 6.60. The highest BCUT2D eigenvalue weighted by Gasteiger charge is 2.42. The molecule has 3 aromatic rings. The lowest BCUT2D eigenvalue weighted by Crippen LogP contribution is -2.41. The fourth-order valence-electron chi connectivity index (χ4n) is 3.82. The Bertz CT molecular complexity index is 1260. The maximum Gasteiger partial charge on any atom is 0.263 e. The zero-order valence-corrected chi connectivity index (χ0v) is 18.8. The van der Waals surface area contributed by atoms with Crippen LogP contribution in [0.4, 0.5) is 5.69 Å². The molecule has 0 unspecified atom stereocenters. The summed E-state index contributed by atoms with van der Waals surface area (Å²) in [6.45, 7) is 2.27. The van der Waals surface area contributed by atoms with Crippen LogP contribution in [0.3, 0.4) is 0 Å². The van der Waals surface area contributed by atoms with E-state index in [0.717, 1.165) is 22.4 Å². The molecule has 0 aromatic heterocycles. The molecule has 7 heteroatoms. The number of carbonyl (C=O) groups excluding carboxylic acids is 2. The molecule has 5 rings (SSSR count). The zero-order chi connectivity index (χ0) is 22.8. The Balaban J connectivity index is 1.39. The maximum atomic E-state index is 13.4. The fourth-order valence-corrected chi connectivity index (χ4v) is 4.76. The van der Waals surface area contributed by atoms with Gasteiger partial charge < -0.3 is 5.32 Å². The number of fused-ring (bicyclic) bond motifs is 3. The van der Waals surface area contributed by atoms with Gasteiger partial charge in [0.05, 0.1) is 10.9 Å². The summed E-state index contributed by atoms with van der Waals surface area (Å²) in [5, 5.41) is 2.99. The molecule has 2 heterocycles. The maximum absolute atomic E-state index is 13.4. The van der Waals surface area contributed by atoms with Crippen molar-refractivity contribution in [1.82, 2.24) is 10.2 Å². The summed E-state index contributed by atoms with van der Waals surface area (Å²) in [6, 6.07) is 26.3. The summed E-state index contributed by atoms with van der Waals surface area (Å²) in [6.07, 6.45) is 0. The van der Waals surface area contributed by atoms with Crippen molar-refractivity contribution in [3.05, 3.63) is 102 Å². The van der Waals surface area contributed by atoms with E-state index in [1.165, 1.54) is 11.8 Å². The van der Waals surface area contributed by atoms with Gasteiger partial charge in [-0.1, -0.05) is 84.6 Å². The summed E-state index contributed by atoms with van der Waals surface area (Å²) < 4.78 is 0. The molecule has 0 saturated carbocycles. The molecular formula is C26H22N4O2S. The molecule has 164 valence electrons. The van der Waals surface area contributed by atoms with Crippen LogP contribution in [0.15, 0.2) is 94.9 Å². The van der Waals surface area contributed by atoms with Gasteiger partial charge in [-0.15, -0.1) is 0 Å². The second-order valence-electron chi connectivity index (χ2n) is 7.81. The third-order valence-electron chi connectivity index (χ3n) is 5.55. The lowest BCUT2D eigenvalue weighted by molar-refractivity contribution is -0.124. The number of benzene rings is 3. The minimum Gasteiger partial charge on any atom is -0.351 e. The van der Waals surface area contributed by atoms with Crippen molar-refractivity contribution in [3.63, 3.8) is 0 Å². The molecule has 2 aliphatic heterocycles. The Morgan fingerprint density at radius 3 is 2.42 bits per heavy atom. The Morgan fingerprint density at radius 2 is 1.67 bits per heavy atom. The van der Waals surface area contributed by atoms with Crippen LogP contribution in [0.25, 0.3) is 0 Å². The fraction of sp³-hybridized carbons (Fsp3) is 0.154. The van der Waals surface area contributed by atoms with Crippen LogP contribution in [-0.4, -0.2) is 33.0 Å². The van der Waals surface area contributed by atoms with Crippen molar-refractivity contribution in [2.75, 3.05) is 0 Å². The van der Waals surface area contributed by atoms with Gasteiger partial charge in [0.2, 0.25) is 5.91 Å². The molecular weight excluding hydrogens is 432 g/mol. The van der Waals surface area contributed by atoms with Gasteiger partial charge in [0.1, 0.15) is 5.84 Å². The van der Waals surface area contributed by atoms with E-state index in [1.807, 2.05) is 91.9 Å². The van der Waals surface area contributed by atoms with Crippen molar-refractivity contribution >= 4 is 40.3 Å². The van der Waals surface area contributed by atoms with E-state index in [2.05, 4.69) is 5.32 Å². The standard InChI is InChI=1S/C26H22N4O2S/c1-17(24(31)27-16-18-10-4-2-5-11-18)33-26-28-21-15-9-8-14-20(21)23-29-22(25(32)30(23)26)19-12-6-3-7-13-19/h2-15,17,22H,16H2,1H3,(H,27,31)/t17-,22+/m0/s1. The topological polar surface area (TPSA) is 74.1 Å². The predicted octanol–water partition coefficient (Wildman–Crippen LogP) is 4.46. The monoisotopic (exact) mass is 454 g/mol. The zero-order valence-electron chi connectivity index (χ0n) is 18.0. The summed E-state index contributed by atoms with van der Waals surface area (Å²) in [5.41, 5.74) is 3.42. The van der Waals surface area contributed by atoms with Crippen LogP contribution in [0.2, 0.25) is 0 Å². The van der Waals surface area contributed by atoms with E-state index in [9.17, 15) is 9.59 Å². The summed E-state index contributed by atoms with van der Waals surface area (Å²) in [7, 11) is 0.